The summed E-state index contributed by atoms with van der Waals surface area (Å²) in [5, 5.41) is 0. The fourth-order valence-electron chi connectivity index (χ4n) is 2.13. The fraction of sp³-hybridized carbons (Fsp3) is 0.176. The van der Waals surface area contributed by atoms with E-state index in [-0.39, 0.29) is 0 Å². The maximum atomic E-state index is 3.86. The van der Waals surface area contributed by atoms with Crippen molar-refractivity contribution in [2.45, 2.75) is 13.5 Å². The van der Waals surface area contributed by atoms with Crippen molar-refractivity contribution in [1.82, 2.24) is 0 Å². The Labute approximate surface area is 109 Å². The van der Waals surface area contributed by atoms with Gasteiger partial charge in [-0.25, -0.2) is 0 Å². The van der Waals surface area contributed by atoms with Crippen LogP contribution in [0, 0.1) is 6.92 Å². The van der Waals surface area contributed by atoms with Crippen molar-refractivity contribution < 1.29 is 0 Å². The van der Waals surface area contributed by atoms with Gasteiger partial charge in [-0.1, -0.05) is 54.6 Å². The third-order valence-electron chi connectivity index (χ3n) is 3.02. The highest BCUT2D eigenvalue weighted by Gasteiger charge is 2.07. The van der Waals surface area contributed by atoms with Gasteiger partial charge in [0.15, 0.2) is 0 Å². The predicted octanol–water partition coefficient (Wildman–Crippen LogP) is 4.19. The summed E-state index contributed by atoms with van der Waals surface area (Å²) in [6, 6.07) is 19.0. The van der Waals surface area contributed by atoms with Crippen LogP contribution in [-0.2, 0) is 6.54 Å². The Morgan fingerprint density at radius 3 is 2.33 bits per heavy atom. The van der Waals surface area contributed by atoms with E-state index in [9.17, 15) is 0 Å². The molecular weight excluding hydrogens is 218 g/mol. The van der Waals surface area contributed by atoms with Gasteiger partial charge < -0.3 is 4.90 Å². The number of rotatable bonds is 5. The summed E-state index contributed by atoms with van der Waals surface area (Å²) in [7, 11) is 0. The van der Waals surface area contributed by atoms with Crippen LogP contribution in [0.15, 0.2) is 67.3 Å². The van der Waals surface area contributed by atoms with E-state index in [2.05, 4.69) is 73.0 Å². The van der Waals surface area contributed by atoms with Crippen molar-refractivity contribution in [1.29, 1.82) is 0 Å². The number of hydrogen-bond donors (Lipinski definition) is 0. The third-order valence-corrected chi connectivity index (χ3v) is 3.02. The van der Waals surface area contributed by atoms with Crippen LogP contribution >= 0.6 is 0 Å². The summed E-state index contributed by atoms with van der Waals surface area (Å²) in [4.78, 5) is 2.34. The minimum absolute atomic E-state index is 0.861. The zero-order chi connectivity index (χ0) is 12.8. The number of para-hydroxylation sites is 1. The van der Waals surface area contributed by atoms with Crippen LogP contribution in [0.5, 0.6) is 0 Å². The Hall–Kier alpha value is -2.02. The standard InChI is InChI=1S/C17H19N/c1-3-13-18(14-16-10-5-4-6-11-16)17-12-8-7-9-15(17)2/h3-12H,1,13-14H2,2H3. The smallest absolute Gasteiger partial charge is 0.0433 e. The van der Waals surface area contributed by atoms with E-state index in [0.717, 1.165) is 13.1 Å². The fourth-order valence-corrected chi connectivity index (χ4v) is 2.13. The van der Waals surface area contributed by atoms with Crippen LogP contribution in [-0.4, -0.2) is 6.54 Å². The topological polar surface area (TPSA) is 3.24 Å². The Morgan fingerprint density at radius 2 is 1.67 bits per heavy atom. The normalized spacial score (nSPS) is 10.1. The van der Waals surface area contributed by atoms with Gasteiger partial charge in [0.05, 0.1) is 0 Å². The predicted molar refractivity (Wildman–Crippen MR) is 78.9 cm³/mol. The van der Waals surface area contributed by atoms with Crippen LogP contribution in [0.2, 0.25) is 0 Å². The molecule has 92 valence electrons. The van der Waals surface area contributed by atoms with Gasteiger partial charge in [-0.3, -0.25) is 0 Å². The van der Waals surface area contributed by atoms with Gasteiger partial charge in [-0.15, -0.1) is 6.58 Å². The van der Waals surface area contributed by atoms with Crippen molar-refractivity contribution in [2.75, 3.05) is 11.4 Å². The minimum Gasteiger partial charge on any atom is -0.363 e. The summed E-state index contributed by atoms with van der Waals surface area (Å²) >= 11 is 0. The van der Waals surface area contributed by atoms with Gasteiger partial charge in [0.2, 0.25) is 0 Å². The first-order valence-electron chi connectivity index (χ1n) is 6.26. The average Bonchev–Trinajstić information content (AvgIpc) is 2.40. The highest BCUT2D eigenvalue weighted by molar-refractivity contribution is 5.53. The van der Waals surface area contributed by atoms with Gasteiger partial charge in [0, 0.05) is 18.8 Å². The lowest BCUT2D eigenvalue weighted by Gasteiger charge is -2.25. The number of nitrogens with zero attached hydrogens (tertiary/aromatic N) is 1. The zero-order valence-corrected chi connectivity index (χ0v) is 10.8. The molecule has 2 rings (SSSR count). The molecule has 0 fully saturated rings. The van der Waals surface area contributed by atoms with Crippen LogP contribution in [0.25, 0.3) is 0 Å². The van der Waals surface area contributed by atoms with E-state index < -0.39 is 0 Å². The number of aryl methyl sites for hydroxylation is 1. The molecule has 0 saturated carbocycles. The quantitative estimate of drug-likeness (QED) is 0.705. The van der Waals surface area contributed by atoms with Gasteiger partial charge in [0.1, 0.15) is 0 Å². The van der Waals surface area contributed by atoms with Crippen LogP contribution < -0.4 is 4.90 Å². The summed E-state index contributed by atoms with van der Waals surface area (Å²) < 4.78 is 0. The van der Waals surface area contributed by atoms with Crippen molar-refractivity contribution in [3.8, 4) is 0 Å². The minimum atomic E-state index is 0.861. The van der Waals surface area contributed by atoms with E-state index in [4.69, 9.17) is 0 Å². The van der Waals surface area contributed by atoms with Gasteiger partial charge in [-0.2, -0.15) is 0 Å². The Kier molecular flexibility index (Phi) is 4.19. The molecule has 0 bridgehead atoms. The molecule has 0 amide bonds. The SMILES string of the molecule is C=CCN(Cc1ccccc1)c1ccccc1C. The summed E-state index contributed by atoms with van der Waals surface area (Å²) in [5.74, 6) is 0. The second-order valence-corrected chi connectivity index (χ2v) is 4.44. The van der Waals surface area contributed by atoms with Crippen molar-refractivity contribution in [3.63, 3.8) is 0 Å². The summed E-state index contributed by atoms with van der Waals surface area (Å²) in [6.07, 6.45) is 1.95. The molecule has 0 aromatic heterocycles. The zero-order valence-electron chi connectivity index (χ0n) is 10.8. The first-order chi connectivity index (χ1) is 8.81. The Balaban J connectivity index is 2.24. The Bertz CT molecular complexity index is 502. The molecule has 0 aliphatic rings. The second kappa shape index (κ2) is 6.06. The molecule has 2 aromatic carbocycles. The molecular formula is C17H19N. The lowest BCUT2D eigenvalue weighted by atomic mass is 10.1. The van der Waals surface area contributed by atoms with E-state index in [1.54, 1.807) is 0 Å². The Morgan fingerprint density at radius 1 is 1.00 bits per heavy atom. The molecule has 1 heteroatoms. The van der Waals surface area contributed by atoms with Crippen LogP contribution in [0.4, 0.5) is 5.69 Å². The van der Waals surface area contributed by atoms with E-state index in [1.807, 2.05) is 6.08 Å². The number of benzene rings is 2. The molecule has 18 heavy (non-hydrogen) atoms. The molecule has 0 N–H and O–H groups in total. The number of anilines is 1. The maximum absolute atomic E-state index is 3.86. The van der Waals surface area contributed by atoms with Crippen LogP contribution in [0.3, 0.4) is 0 Å². The first-order valence-corrected chi connectivity index (χ1v) is 6.26. The van der Waals surface area contributed by atoms with E-state index in [0.29, 0.717) is 0 Å². The molecule has 0 unspecified atom stereocenters. The van der Waals surface area contributed by atoms with Gasteiger partial charge >= 0.3 is 0 Å². The molecule has 0 heterocycles. The molecule has 0 aliphatic heterocycles. The van der Waals surface area contributed by atoms with E-state index in [1.165, 1.54) is 16.8 Å². The molecule has 2 aromatic rings. The molecule has 0 spiro atoms. The van der Waals surface area contributed by atoms with Crippen molar-refractivity contribution in [2.24, 2.45) is 0 Å². The van der Waals surface area contributed by atoms with Crippen molar-refractivity contribution >= 4 is 5.69 Å². The molecule has 0 aliphatic carbocycles. The van der Waals surface area contributed by atoms with Crippen LogP contribution in [0.1, 0.15) is 11.1 Å². The lowest BCUT2D eigenvalue weighted by Crippen LogP contribution is -2.23. The lowest BCUT2D eigenvalue weighted by molar-refractivity contribution is 0.863. The second-order valence-electron chi connectivity index (χ2n) is 4.44. The molecule has 0 atom stereocenters. The highest BCUT2D eigenvalue weighted by atomic mass is 15.1. The molecule has 0 radical (unpaired) electrons. The van der Waals surface area contributed by atoms with Gasteiger partial charge in [0.25, 0.3) is 0 Å². The van der Waals surface area contributed by atoms with Crippen molar-refractivity contribution in [3.05, 3.63) is 78.4 Å². The number of hydrogen-bond acceptors (Lipinski definition) is 1. The van der Waals surface area contributed by atoms with E-state index >= 15 is 0 Å². The largest absolute Gasteiger partial charge is 0.363 e. The van der Waals surface area contributed by atoms with Gasteiger partial charge in [-0.05, 0) is 24.1 Å². The highest BCUT2D eigenvalue weighted by Crippen LogP contribution is 2.21. The monoisotopic (exact) mass is 237 g/mol. The average molecular weight is 237 g/mol. The summed E-state index contributed by atoms with van der Waals surface area (Å²) in [6.45, 7) is 7.78. The molecule has 0 saturated heterocycles. The third kappa shape index (κ3) is 3.01. The molecule has 1 nitrogen and oxygen atoms in total. The first kappa shape index (κ1) is 12.4. The maximum Gasteiger partial charge on any atom is 0.0433 e. The summed E-state index contributed by atoms with van der Waals surface area (Å²) in [5.41, 5.74) is 3.90.